The lowest BCUT2D eigenvalue weighted by molar-refractivity contribution is -0.124. The van der Waals surface area contributed by atoms with Crippen LogP contribution in [-0.2, 0) is 9.47 Å². The number of aromatic nitrogens is 6. The Bertz CT molecular complexity index is 1060. The number of alkyl halides is 1. The largest absolute Gasteiger partial charge is 0.380 e. The summed E-state index contributed by atoms with van der Waals surface area (Å²) in [6.45, 7) is 4.14. The number of ether oxygens (including phenoxy) is 2. The van der Waals surface area contributed by atoms with Gasteiger partial charge in [-0.2, -0.15) is 14.6 Å². The molecule has 2 atom stereocenters. The zero-order valence-corrected chi connectivity index (χ0v) is 17.1. The van der Waals surface area contributed by atoms with Gasteiger partial charge < -0.3 is 19.7 Å². The fourth-order valence-electron chi connectivity index (χ4n) is 4.70. The Morgan fingerprint density at radius 3 is 2.81 bits per heavy atom. The molecule has 3 aliphatic heterocycles. The van der Waals surface area contributed by atoms with E-state index < -0.39 is 6.17 Å². The number of H-pyrrole nitrogens is 1. The molecule has 6 heterocycles. The maximum atomic E-state index is 14.2. The third-order valence-corrected chi connectivity index (χ3v) is 6.69. The van der Waals surface area contributed by atoms with Crippen molar-refractivity contribution in [1.82, 2.24) is 29.8 Å². The molecule has 2 N–H and O–H groups in total. The van der Waals surface area contributed by atoms with Gasteiger partial charge in [0.1, 0.15) is 23.9 Å². The predicted octanol–water partition coefficient (Wildman–Crippen LogP) is 1.67. The molecule has 3 aromatic heterocycles. The first kappa shape index (κ1) is 18.9. The van der Waals surface area contributed by atoms with Gasteiger partial charge in [-0.1, -0.05) is 0 Å². The van der Waals surface area contributed by atoms with Crippen LogP contribution in [0.1, 0.15) is 19.3 Å². The Morgan fingerprint density at radius 1 is 1.23 bits per heavy atom. The predicted molar refractivity (Wildman–Crippen MR) is 111 cm³/mol. The Morgan fingerprint density at radius 2 is 2.10 bits per heavy atom. The first-order chi connectivity index (χ1) is 15.2. The second-order valence-electron chi connectivity index (χ2n) is 8.74. The van der Waals surface area contributed by atoms with E-state index in [9.17, 15) is 4.39 Å². The van der Waals surface area contributed by atoms with Crippen molar-refractivity contribution in [3.8, 4) is 11.3 Å². The lowest BCUT2D eigenvalue weighted by atomic mass is 9.76. The maximum Gasteiger partial charge on any atom is 0.243 e. The van der Waals surface area contributed by atoms with E-state index in [1.165, 1.54) is 0 Å². The Labute approximate surface area is 178 Å². The molecule has 3 aromatic rings. The molecule has 31 heavy (non-hydrogen) atoms. The molecule has 0 bridgehead atoms. The van der Waals surface area contributed by atoms with Gasteiger partial charge in [-0.3, -0.25) is 5.10 Å². The molecule has 3 aliphatic rings. The summed E-state index contributed by atoms with van der Waals surface area (Å²) in [5, 5.41) is 14.6. The second-order valence-corrected chi connectivity index (χ2v) is 8.74. The highest BCUT2D eigenvalue weighted by atomic mass is 19.1. The molecule has 10 nitrogen and oxygen atoms in total. The standard InChI is InChI=1S/C20H25FN8O2/c21-14-9-30-6-1-15(14)25-19-26-18-17(28-4-2-20(3-5-28)10-31-11-20)16(13-7-23-24-8-13)22-12-29(18)27-19/h7-8,12,14-15H,1-6,9-11H2,(H,23,24)(H,25,27)/t14-,15+/m1/s1. The van der Waals surface area contributed by atoms with Gasteiger partial charge in [-0.25, -0.2) is 9.37 Å². The van der Waals surface area contributed by atoms with Gasteiger partial charge in [-0.05, 0) is 19.3 Å². The van der Waals surface area contributed by atoms with Crippen LogP contribution >= 0.6 is 0 Å². The maximum absolute atomic E-state index is 14.2. The fraction of sp³-hybridized carbons (Fsp3) is 0.600. The summed E-state index contributed by atoms with van der Waals surface area (Å²) in [7, 11) is 0. The normalized spacial score (nSPS) is 25.6. The van der Waals surface area contributed by atoms with E-state index in [0.717, 1.165) is 56.1 Å². The second kappa shape index (κ2) is 7.41. The van der Waals surface area contributed by atoms with E-state index in [0.29, 0.717) is 30.0 Å². The van der Waals surface area contributed by atoms with Crippen LogP contribution in [0.2, 0.25) is 0 Å². The summed E-state index contributed by atoms with van der Waals surface area (Å²) in [6, 6.07) is -0.357. The van der Waals surface area contributed by atoms with Crippen LogP contribution in [0.25, 0.3) is 16.9 Å². The fourth-order valence-corrected chi connectivity index (χ4v) is 4.70. The zero-order chi connectivity index (χ0) is 20.8. The van der Waals surface area contributed by atoms with Crippen molar-refractivity contribution in [2.45, 2.75) is 31.5 Å². The number of nitrogens with zero attached hydrogens (tertiary/aromatic N) is 6. The van der Waals surface area contributed by atoms with Crippen molar-refractivity contribution in [2.75, 3.05) is 49.7 Å². The number of anilines is 2. The quantitative estimate of drug-likeness (QED) is 0.647. The highest BCUT2D eigenvalue weighted by molar-refractivity contribution is 5.85. The molecule has 0 amide bonds. The molecule has 0 aliphatic carbocycles. The lowest BCUT2D eigenvalue weighted by Crippen LogP contribution is -2.51. The summed E-state index contributed by atoms with van der Waals surface area (Å²) in [4.78, 5) is 11.8. The van der Waals surface area contributed by atoms with E-state index in [1.54, 1.807) is 17.0 Å². The molecular formula is C20H25FN8O2. The van der Waals surface area contributed by atoms with Gasteiger partial charge in [0.2, 0.25) is 5.95 Å². The van der Waals surface area contributed by atoms with Crippen molar-refractivity contribution in [2.24, 2.45) is 5.41 Å². The molecule has 1 spiro atoms. The number of rotatable bonds is 4. The summed E-state index contributed by atoms with van der Waals surface area (Å²) in [6.07, 6.45) is 6.90. The Balaban J connectivity index is 1.37. The summed E-state index contributed by atoms with van der Waals surface area (Å²) < 4.78 is 26.6. The molecule has 3 saturated heterocycles. The van der Waals surface area contributed by atoms with Crippen molar-refractivity contribution in [3.05, 3.63) is 18.7 Å². The Kier molecular flexibility index (Phi) is 4.53. The minimum Gasteiger partial charge on any atom is -0.380 e. The monoisotopic (exact) mass is 428 g/mol. The first-order valence-corrected chi connectivity index (χ1v) is 10.8. The number of aromatic amines is 1. The van der Waals surface area contributed by atoms with Crippen LogP contribution < -0.4 is 10.2 Å². The minimum absolute atomic E-state index is 0.0989. The van der Waals surface area contributed by atoms with Crippen LogP contribution in [-0.4, -0.2) is 81.5 Å². The van der Waals surface area contributed by atoms with Gasteiger partial charge in [0.15, 0.2) is 5.65 Å². The molecular weight excluding hydrogens is 403 g/mol. The number of fused-ring (bicyclic) bond motifs is 1. The molecule has 0 saturated carbocycles. The van der Waals surface area contributed by atoms with Gasteiger partial charge >= 0.3 is 0 Å². The van der Waals surface area contributed by atoms with E-state index in [4.69, 9.17) is 14.5 Å². The van der Waals surface area contributed by atoms with E-state index in [2.05, 4.69) is 30.5 Å². The van der Waals surface area contributed by atoms with Crippen LogP contribution in [0.3, 0.4) is 0 Å². The molecule has 11 heteroatoms. The summed E-state index contributed by atoms with van der Waals surface area (Å²) >= 11 is 0. The molecule has 0 unspecified atom stereocenters. The van der Waals surface area contributed by atoms with Crippen LogP contribution in [0, 0.1) is 5.41 Å². The number of halogens is 1. The summed E-state index contributed by atoms with van der Waals surface area (Å²) in [5.74, 6) is 0.405. The molecule has 0 radical (unpaired) electrons. The minimum atomic E-state index is -1.08. The number of hydrogen-bond acceptors (Lipinski definition) is 8. The van der Waals surface area contributed by atoms with E-state index >= 15 is 0 Å². The topological polar surface area (TPSA) is 105 Å². The summed E-state index contributed by atoms with van der Waals surface area (Å²) in [5.41, 5.74) is 3.68. The highest BCUT2D eigenvalue weighted by Gasteiger charge is 2.42. The highest BCUT2D eigenvalue weighted by Crippen LogP contribution is 2.42. The first-order valence-electron chi connectivity index (χ1n) is 10.8. The molecule has 3 fully saturated rings. The molecule has 6 rings (SSSR count). The number of piperidine rings is 1. The van der Waals surface area contributed by atoms with Gasteiger partial charge in [-0.15, -0.1) is 5.10 Å². The van der Waals surface area contributed by atoms with Crippen LogP contribution in [0.15, 0.2) is 18.7 Å². The van der Waals surface area contributed by atoms with Gasteiger partial charge in [0.05, 0.1) is 32.1 Å². The van der Waals surface area contributed by atoms with Crippen molar-refractivity contribution in [1.29, 1.82) is 0 Å². The third kappa shape index (κ3) is 3.32. The van der Waals surface area contributed by atoms with E-state index in [1.807, 2.05) is 6.20 Å². The van der Waals surface area contributed by atoms with Gasteiger partial charge in [0.25, 0.3) is 0 Å². The smallest absolute Gasteiger partial charge is 0.243 e. The van der Waals surface area contributed by atoms with Crippen LogP contribution in [0.5, 0.6) is 0 Å². The average Bonchev–Trinajstić information content (AvgIpc) is 3.43. The number of hydrogen-bond donors (Lipinski definition) is 2. The van der Waals surface area contributed by atoms with Crippen molar-refractivity contribution < 1.29 is 13.9 Å². The molecule has 164 valence electrons. The molecule has 0 aromatic carbocycles. The van der Waals surface area contributed by atoms with E-state index in [-0.39, 0.29) is 12.6 Å². The van der Waals surface area contributed by atoms with Gasteiger partial charge in [0, 0.05) is 36.9 Å². The van der Waals surface area contributed by atoms with Crippen molar-refractivity contribution in [3.63, 3.8) is 0 Å². The van der Waals surface area contributed by atoms with Crippen molar-refractivity contribution >= 4 is 17.3 Å². The number of nitrogens with one attached hydrogen (secondary N) is 2. The van der Waals surface area contributed by atoms with Crippen LogP contribution in [0.4, 0.5) is 16.0 Å². The Hall–Kier alpha value is -2.79. The SMILES string of the molecule is F[C@@H]1COCC[C@@H]1Nc1nc2c(N3CCC4(CC3)COC4)c(-c3cn[nH]c3)ncn2n1. The zero-order valence-electron chi connectivity index (χ0n) is 17.1. The lowest BCUT2D eigenvalue weighted by Gasteiger charge is -2.47. The third-order valence-electron chi connectivity index (χ3n) is 6.69. The average molecular weight is 428 g/mol.